The highest BCUT2D eigenvalue weighted by atomic mass is 16.5. The zero-order valence-corrected chi connectivity index (χ0v) is 14.1. The van der Waals surface area contributed by atoms with Crippen LogP contribution in [0.2, 0.25) is 0 Å². The maximum atomic E-state index is 5.17. The van der Waals surface area contributed by atoms with Gasteiger partial charge in [0.2, 0.25) is 0 Å². The monoisotopic (exact) mass is 311 g/mol. The topological polar surface area (TPSA) is 45.7 Å². The molecule has 0 atom stereocenters. The minimum absolute atomic E-state index is 0.633. The quantitative estimate of drug-likeness (QED) is 0.637. The summed E-state index contributed by atoms with van der Waals surface area (Å²) >= 11 is 0. The Balaban J connectivity index is 1.86. The van der Waals surface area contributed by atoms with Crippen molar-refractivity contribution in [1.29, 1.82) is 0 Å². The summed E-state index contributed by atoms with van der Waals surface area (Å²) in [5.41, 5.74) is 4.89. The maximum Gasteiger partial charge on any atom is 0.191 e. The third-order valence-corrected chi connectivity index (χ3v) is 3.53. The average Bonchev–Trinajstić information content (AvgIpc) is 2.56. The Kier molecular flexibility index (Phi) is 6.63. The van der Waals surface area contributed by atoms with E-state index in [9.17, 15) is 0 Å². The van der Waals surface area contributed by atoms with Gasteiger partial charge >= 0.3 is 0 Å². The van der Waals surface area contributed by atoms with Crippen molar-refractivity contribution in [2.24, 2.45) is 4.99 Å². The van der Waals surface area contributed by atoms with Gasteiger partial charge in [0.25, 0.3) is 0 Å². The van der Waals surface area contributed by atoms with Crippen LogP contribution in [0.5, 0.6) is 0 Å². The zero-order valence-electron chi connectivity index (χ0n) is 14.1. The lowest BCUT2D eigenvalue weighted by Crippen LogP contribution is -2.36. The zero-order chi connectivity index (χ0) is 16.5. The molecule has 0 aliphatic carbocycles. The van der Waals surface area contributed by atoms with Crippen molar-refractivity contribution >= 4 is 5.96 Å². The van der Waals surface area contributed by atoms with Gasteiger partial charge in [-0.15, -0.1) is 0 Å². The van der Waals surface area contributed by atoms with Crippen molar-refractivity contribution in [2.75, 3.05) is 14.2 Å². The highest BCUT2D eigenvalue weighted by molar-refractivity contribution is 5.79. The van der Waals surface area contributed by atoms with E-state index >= 15 is 0 Å². The Morgan fingerprint density at radius 1 is 0.957 bits per heavy atom. The van der Waals surface area contributed by atoms with Crippen LogP contribution in [-0.4, -0.2) is 20.1 Å². The standard InChI is InChI=1S/C19H25N3O/c1-15-6-4-7-16(10-15)12-21-19(20-2)22-13-17-8-5-9-18(11-17)14-23-3/h4-11H,12-14H2,1-3H3,(H2,20,21,22). The Hall–Kier alpha value is -2.33. The summed E-state index contributed by atoms with van der Waals surface area (Å²) < 4.78 is 5.17. The average molecular weight is 311 g/mol. The van der Waals surface area contributed by atoms with E-state index in [1.165, 1.54) is 22.3 Å². The van der Waals surface area contributed by atoms with Crippen LogP contribution in [0.25, 0.3) is 0 Å². The number of hydrogen-bond acceptors (Lipinski definition) is 2. The van der Waals surface area contributed by atoms with Gasteiger partial charge < -0.3 is 15.4 Å². The molecule has 0 aliphatic heterocycles. The fourth-order valence-corrected chi connectivity index (χ4v) is 2.41. The summed E-state index contributed by atoms with van der Waals surface area (Å²) in [6.07, 6.45) is 0. The number of hydrogen-bond donors (Lipinski definition) is 2. The fourth-order valence-electron chi connectivity index (χ4n) is 2.41. The molecule has 0 unspecified atom stereocenters. The molecule has 4 nitrogen and oxygen atoms in total. The molecule has 23 heavy (non-hydrogen) atoms. The van der Waals surface area contributed by atoms with Crippen LogP contribution in [0.4, 0.5) is 0 Å². The van der Waals surface area contributed by atoms with Gasteiger partial charge in [0.15, 0.2) is 5.96 Å². The van der Waals surface area contributed by atoms with Crippen LogP contribution in [0, 0.1) is 6.92 Å². The van der Waals surface area contributed by atoms with Crippen molar-refractivity contribution in [2.45, 2.75) is 26.6 Å². The number of aryl methyl sites for hydroxylation is 1. The van der Waals surface area contributed by atoms with Crippen molar-refractivity contribution in [3.63, 3.8) is 0 Å². The number of rotatable bonds is 6. The van der Waals surface area contributed by atoms with E-state index in [-0.39, 0.29) is 0 Å². The van der Waals surface area contributed by atoms with Gasteiger partial charge in [0.1, 0.15) is 0 Å². The molecule has 122 valence electrons. The SMILES string of the molecule is CN=C(NCc1cccc(C)c1)NCc1cccc(COC)c1. The Bertz CT molecular complexity index is 653. The third kappa shape index (κ3) is 5.75. The van der Waals surface area contributed by atoms with Gasteiger partial charge in [-0.05, 0) is 23.6 Å². The number of nitrogens with one attached hydrogen (secondary N) is 2. The Morgan fingerprint density at radius 3 is 2.17 bits per heavy atom. The molecule has 0 fully saturated rings. The number of aliphatic imine (C=N–C) groups is 1. The van der Waals surface area contributed by atoms with Crippen molar-refractivity contribution < 1.29 is 4.74 Å². The predicted octanol–water partition coefficient (Wildman–Crippen LogP) is 3.01. The molecule has 0 spiro atoms. The van der Waals surface area contributed by atoms with Crippen LogP contribution < -0.4 is 10.6 Å². The Labute approximate surface area is 138 Å². The number of nitrogens with zero attached hydrogens (tertiary/aromatic N) is 1. The molecule has 0 radical (unpaired) electrons. The van der Waals surface area contributed by atoms with Crippen LogP contribution >= 0.6 is 0 Å². The molecule has 0 bridgehead atoms. The van der Waals surface area contributed by atoms with E-state index < -0.39 is 0 Å². The molecule has 0 heterocycles. The van der Waals surface area contributed by atoms with Crippen LogP contribution in [0.3, 0.4) is 0 Å². The van der Waals surface area contributed by atoms with Gasteiger partial charge in [-0.1, -0.05) is 54.1 Å². The van der Waals surface area contributed by atoms with Gasteiger partial charge in [-0.2, -0.15) is 0 Å². The first-order valence-corrected chi connectivity index (χ1v) is 7.78. The molecule has 2 N–H and O–H groups in total. The second-order valence-corrected chi connectivity index (χ2v) is 5.52. The first-order valence-electron chi connectivity index (χ1n) is 7.78. The predicted molar refractivity (Wildman–Crippen MR) is 95.4 cm³/mol. The molecule has 0 saturated heterocycles. The third-order valence-electron chi connectivity index (χ3n) is 3.53. The minimum Gasteiger partial charge on any atom is -0.380 e. The van der Waals surface area contributed by atoms with Crippen molar-refractivity contribution in [1.82, 2.24) is 10.6 Å². The summed E-state index contributed by atoms with van der Waals surface area (Å²) in [5.74, 6) is 0.795. The fraction of sp³-hybridized carbons (Fsp3) is 0.316. The second-order valence-electron chi connectivity index (χ2n) is 5.52. The van der Waals surface area contributed by atoms with Crippen molar-refractivity contribution in [3.05, 3.63) is 70.8 Å². The minimum atomic E-state index is 0.633. The smallest absolute Gasteiger partial charge is 0.191 e. The van der Waals surface area contributed by atoms with Gasteiger partial charge in [-0.25, -0.2) is 0 Å². The molecule has 0 aliphatic rings. The Morgan fingerprint density at radius 2 is 1.57 bits per heavy atom. The van der Waals surface area contributed by atoms with Crippen molar-refractivity contribution in [3.8, 4) is 0 Å². The molecular weight excluding hydrogens is 286 g/mol. The van der Waals surface area contributed by atoms with E-state index in [4.69, 9.17) is 4.74 Å². The maximum absolute atomic E-state index is 5.17. The summed E-state index contributed by atoms with van der Waals surface area (Å²) in [6, 6.07) is 16.8. The molecular formula is C19H25N3O. The molecule has 2 aromatic carbocycles. The summed E-state index contributed by atoms with van der Waals surface area (Å²) in [4.78, 5) is 4.27. The molecule has 2 rings (SSSR count). The van der Waals surface area contributed by atoms with Gasteiger partial charge in [-0.3, -0.25) is 4.99 Å². The van der Waals surface area contributed by atoms with Gasteiger partial charge in [0.05, 0.1) is 6.61 Å². The number of guanidine groups is 1. The van der Waals surface area contributed by atoms with Crippen LogP contribution in [-0.2, 0) is 24.4 Å². The first kappa shape index (κ1) is 17.0. The van der Waals surface area contributed by atoms with E-state index in [0.29, 0.717) is 6.61 Å². The normalized spacial score (nSPS) is 11.3. The second kappa shape index (κ2) is 8.96. The molecule has 4 heteroatoms. The molecule has 0 aromatic heterocycles. The number of ether oxygens (including phenoxy) is 1. The first-order chi connectivity index (χ1) is 11.2. The van der Waals surface area contributed by atoms with Crippen LogP contribution in [0.1, 0.15) is 22.3 Å². The lowest BCUT2D eigenvalue weighted by molar-refractivity contribution is 0.185. The largest absolute Gasteiger partial charge is 0.380 e. The lowest BCUT2D eigenvalue weighted by Gasteiger charge is -2.13. The summed E-state index contributed by atoms with van der Waals surface area (Å²) in [6.45, 7) is 4.22. The number of methoxy groups -OCH3 is 1. The van der Waals surface area contributed by atoms with E-state index in [1.54, 1.807) is 14.2 Å². The molecule has 0 amide bonds. The highest BCUT2D eigenvalue weighted by Crippen LogP contribution is 2.06. The molecule has 0 saturated carbocycles. The van der Waals surface area contributed by atoms with Gasteiger partial charge in [0, 0.05) is 27.2 Å². The van der Waals surface area contributed by atoms with Crippen LogP contribution in [0.15, 0.2) is 53.5 Å². The van der Waals surface area contributed by atoms with E-state index in [0.717, 1.165) is 19.0 Å². The summed E-state index contributed by atoms with van der Waals surface area (Å²) in [5, 5.41) is 6.68. The lowest BCUT2D eigenvalue weighted by atomic mass is 10.1. The van der Waals surface area contributed by atoms with E-state index in [1.807, 2.05) is 6.07 Å². The van der Waals surface area contributed by atoms with E-state index in [2.05, 4.69) is 65.0 Å². The summed E-state index contributed by atoms with van der Waals surface area (Å²) in [7, 11) is 3.49. The molecule has 2 aromatic rings. The highest BCUT2D eigenvalue weighted by Gasteiger charge is 2.00. The number of benzene rings is 2.